The summed E-state index contributed by atoms with van der Waals surface area (Å²) in [7, 11) is -2.47. The van der Waals surface area contributed by atoms with E-state index in [2.05, 4.69) is 5.32 Å². The molecule has 4 rings (SSSR count). The number of amides is 2. The van der Waals surface area contributed by atoms with Crippen LogP contribution in [-0.2, 0) is 14.8 Å². The van der Waals surface area contributed by atoms with Crippen LogP contribution in [0.25, 0.3) is 0 Å². The standard InChI is InChI=1S/C25H25N3O5S/c1-27(34(31,32)19-9-3-2-4-10-19)23-14-8-6-12-21(23)24(29)26-22-13-7-5-11-20(22)25(30)28-15-17-33-18-16-28/h2-14H,15-18H2,1H3,(H,26,29). The largest absolute Gasteiger partial charge is 0.378 e. The van der Waals surface area contributed by atoms with E-state index in [9.17, 15) is 18.0 Å². The third-order valence-corrected chi connectivity index (χ3v) is 7.38. The second kappa shape index (κ2) is 10.1. The molecule has 0 radical (unpaired) electrons. The van der Waals surface area contributed by atoms with Crippen LogP contribution in [-0.4, -0.2) is 58.5 Å². The molecule has 1 N–H and O–H groups in total. The topological polar surface area (TPSA) is 96.0 Å². The van der Waals surface area contributed by atoms with Gasteiger partial charge in [0.1, 0.15) is 0 Å². The Kier molecular flexibility index (Phi) is 6.95. The van der Waals surface area contributed by atoms with Crippen molar-refractivity contribution in [2.75, 3.05) is 43.0 Å². The first kappa shape index (κ1) is 23.5. The number of para-hydroxylation sites is 2. The lowest BCUT2D eigenvalue weighted by atomic mass is 10.1. The predicted octanol–water partition coefficient (Wildman–Crippen LogP) is 3.24. The van der Waals surface area contributed by atoms with Crippen molar-refractivity contribution < 1.29 is 22.7 Å². The van der Waals surface area contributed by atoms with Crippen molar-refractivity contribution in [3.63, 3.8) is 0 Å². The highest BCUT2D eigenvalue weighted by Gasteiger charge is 2.26. The molecule has 1 heterocycles. The molecule has 2 amide bonds. The fraction of sp³-hybridized carbons (Fsp3) is 0.200. The summed E-state index contributed by atoms with van der Waals surface area (Å²) in [4.78, 5) is 28.1. The van der Waals surface area contributed by atoms with Crippen LogP contribution in [0, 0.1) is 0 Å². The van der Waals surface area contributed by atoms with Gasteiger partial charge in [0.2, 0.25) is 0 Å². The van der Waals surface area contributed by atoms with Crippen molar-refractivity contribution in [2.45, 2.75) is 4.90 Å². The zero-order valence-corrected chi connectivity index (χ0v) is 19.5. The first-order valence-corrected chi connectivity index (χ1v) is 12.2. The van der Waals surface area contributed by atoms with Gasteiger partial charge in [-0.2, -0.15) is 0 Å². The summed E-state index contributed by atoms with van der Waals surface area (Å²) in [6, 6.07) is 21.2. The summed E-state index contributed by atoms with van der Waals surface area (Å²) in [6.45, 7) is 1.89. The lowest BCUT2D eigenvalue weighted by molar-refractivity contribution is 0.0303. The highest BCUT2D eigenvalue weighted by molar-refractivity contribution is 7.92. The van der Waals surface area contributed by atoms with E-state index in [-0.39, 0.29) is 22.1 Å². The van der Waals surface area contributed by atoms with Crippen molar-refractivity contribution in [3.05, 3.63) is 90.0 Å². The summed E-state index contributed by atoms with van der Waals surface area (Å²) in [5.74, 6) is -0.718. The number of hydrogen-bond acceptors (Lipinski definition) is 5. The van der Waals surface area contributed by atoms with Gasteiger partial charge in [0, 0.05) is 20.1 Å². The van der Waals surface area contributed by atoms with Gasteiger partial charge in [0.05, 0.1) is 40.6 Å². The minimum atomic E-state index is -3.88. The van der Waals surface area contributed by atoms with Crippen LogP contribution in [0.3, 0.4) is 0 Å². The molecule has 0 spiro atoms. The van der Waals surface area contributed by atoms with Gasteiger partial charge < -0.3 is 15.0 Å². The first-order chi connectivity index (χ1) is 16.4. The van der Waals surface area contributed by atoms with Crippen LogP contribution in [0.1, 0.15) is 20.7 Å². The maximum absolute atomic E-state index is 13.3. The molecule has 0 atom stereocenters. The van der Waals surface area contributed by atoms with Gasteiger partial charge >= 0.3 is 0 Å². The van der Waals surface area contributed by atoms with E-state index < -0.39 is 15.9 Å². The molecule has 1 aliphatic heterocycles. The van der Waals surface area contributed by atoms with Crippen molar-refractivity contribution in [3.8, 4) is 0 Å². The lowest BCUT2D eigenvalue weighted by Gasteiger charge is -2.27. The third kappa shape index (κ3) is 4.80. The van der Waals surface area contributed by atoms with Crippen LogP contribution in [0.5, 0.6) is 0 Å². The SMILES string of the molecule is CN(c1ccccc1C(=O)Nc1ccccc1C(=O)N1CCOCC1)S(=O)(=O)c1ccccc1. The number of sulfonamides is 1. The number of nitrogens with one attached hydrogen (secondary N) is 1. The second-order valence-corrected chi connectivity index (χ2v) is 9.68. The maximum atomic E-state index is 13.3. The number of carbonyl (C=O) groups is 2. The number of benzene rings is 3. The summed E-state index contributed by atoms with van der Waals surface area (Å²) >= 11 is 0. The van der Waals surface area contributed by atoms with Crippen LogP contribution < -0.4 is 9.62 Å². The number of nitrogens with zero attached hydrogens (tertiary/aromatic N) is 2. The number of morpholine rings is 1. The molecule has 1 fully saturated rings. The normalized spacial score (nSPS) is 13.9. The molecule has 0 bridgehead atoms. The van der Waals surface area contributed by atoms with Crippen molar-refractivity contribution in [1.82, 2.24) is 4.90 Å². The van der Waals surface area contributed by atoms with E-state index >= 15 is 0 Å². The number of hydrogen-bond donors (Lipinski definition) is 1. The fourth-order valence-electron chi connectivity index (χ4n) is 3.73. The Morgan fingerprint density at radius 2 is 1.44 bits per heavy atom. The molecule has 0 aliphatic carbocycles. The summed E-state index contributed by atoms with van der Waals surface area (Å²) < 4.78 is 32.6. The molecule has 0 aromatic heterocycles. The Hall–Kier alpha value is -3.69. The highest BCUT2D eigenvalue weighted by atomic mass is 32.2. The quantitative estimate of drug-likeness (QED) is 0.586. The molecule has 0 unspecified atom stereocenters. The van der Waals surface area contributed by atoms with Gasteiger partial charge in [-0.3, -0.25) is 13.9 Å². The van der Waals surface area contributed by atoms with Gasteiger partial charge in [-0.15, -0.1) is 0 Å². The Morgan fingerprint density at radius 1 is 0.853 bits per heavy atom. The molecule has 9 heteroatoms. The van der Waals surface area contributed by atoms with Crippen LogP contribution in [0.2, 0.25) is 0 Å². The van der Waals surface area contributed by atoms with E-state index in [0.29, 0.717) is 37.6 Å². The first-order valence-electron chi connectivity index (χ1n) is 10.8. The van der Waals surface area contributed by atoms with Gasteiger partial charge in [-0.1, -0.05) is 42.5 Å². The maximum Gasteiger partial charge on any atom is 0.264 e. The molecule has 0 saturated carbocycles. The molecular weight excluding hydrogens is 454 g/mol. The summed E-state index contributed by atoms with van der Waals surface area (Å²) in [5.41, 5.74) is 1.10. The highest BCUT2D eigenvalue weighted by Crippen LogP contribution is 2.27. The minimum absolute atomic E-state index is 0.120. The van der Waals surface area contributed by atoms with Gasteiger partial charge in [-0.05, 0) is 36.4 Å². The lowest BCUT2D eigenvalue weighted by Crippen LogP contribution is -2.41. The van der Waals surface area contributed by atoms with Crippen LogP contribution in [0.15, 0.2) is 83.8 Å². The molecule has 3 aromatic carbocycles. The van der Waals surface area contributed by atoms with E-state index in [1.165, 1.54) is 19.2 Å². The average molecular weight is 480 g/mol. The molecular formula is C25H25N3O5S. The van der Waals surface area contributed by atoms with Crippen molar-refractivity contribution >= 4 is 33.2 Å². The summed E-state index contributed by atoms with van der Waals surface area (Å²) in [6.07, 6.45) is 0. The molecule has 1 saturated heterocycles. The predicted molar refractivity (Wildman–Crippen MR) is 130 cm³/mol. The zero-order valence-electron chi connectivity index (χ0n) is 18.7. The number of carbonyl (C=O) groups excluding carboxylic acids is 2. The molecule has 34 heavy (non-hydrogen) atoms. The van der Waals surface area contributed by atoms with Crippen LogP contribution in [0.4, 0.5) is 11.4 Å². The zero-order chi connectivity index (χ0) is 24.1. The monoisotopic (exact) mass is 479 g/mol. The van der Waals surface area contributed by atoms with E-state index in [1.807, 2.05) is 0 Å². The Balaban J connectivity index is 1.62. The van der Waals surface area contributed by atoms with Gasteiger partial charge in [0.15, 0.2) is 0 Å². The van der Waals surface area contributed by atoms with E-state index in [1.54, 1.807) is 71.6 Å². The molecule has 8 nitrogen and oxygen atoms in total. The van der Waals surface area contributed by atoms with Crippen LogP contribution >= 0.6 is 0 Å². The number of anilines is 2. The van der Waals surface area contributed by atoms with Crippen molar-refractivity contribution in [2.24, 2.45) is 0 Å². The van der Waals surface area contributed by atoms with Gasteiger partial charge in [-0.25, -0.2) is 8.42 Å². The molecule has 1 aliphatic rings. The smallest absolute Gasteiger partial charge is 0.264 e. The molecule has 176 valence electrons. The number of ether oxygens (including phenoxy) is 1. The fourth-order valence-corrected chi connectivity index (χ4v) is 4.96. The third-order valence-electron chi connectivity index (χ3n) is 5.59. The summed E-state index contributed by atoms with van der Waals surface area (Å²) in [5, 5.41) is 2.79. The van der Waals surface area contributed by atoms with Crippen molar-refractivity contribution in [1.29, 1.82) is 0 Å². The Labute approximate surface area is 198 Å². The Bertz CT molecular complexity index is 1290. The van der Waals surface area contributed by atoms with E-state index in [4.69, 9.17) is 4.74 Å². The second-order valence-electron chi connectivity index (χ2n) is 7.71. The minimum Gasteiger partial charge on any atom is -0.378 e. The van der Waals surface area contributed by atoms with Gasteiger partial charge in [0.25, 0.3) is 21.8 Å². The van der Waals surface area contributed by atoms with E-state index in [0.717, 1.165) is 4.31 Å². The molecule has 3 aromatic rings. The Morgan fingerprint density at radius 3 is 2.15 bits per heavy atom. The number of rotatable bonds is 6. The average Bonchev–Trinajstić information content (AvgIpc) is 2.89.